The summed E-state index contributed by atoms with van der Waals surface area (Å²) in [5, 5.41) is 0. The maximum atomic E-state index is 12.7. The van der Waals surface area contributed by atoms with Crippen LogP contribution in [0.25, 0.3) is 0 Å². The molecule has 0 unspecified atom stereocenters. The third kappa shape index (κ3) is 1.56. The average Bonchev–Trinajstić information content (AvgIpc) is 3.11. The predicted octanol–water partition coefficient (Wildman–Crippen LogP) is 3.98. The van der Waals surface area contributed by atoms with E-state index >= 15 is 0 Å². The van der Waals surface area contributed by atoms with Gasteiger partial charge >= 0.3 is 0 Å². The van der Waals surface area contributed by atoms with Gasteiger partial charge < -0.3 is 4.90 Å². The number of aryl methyl sites for hydroxylation is 1. The van der Waals surface area contributed by atoms with Gasteiger partial charge in [-0.15, -0.1) is 0 Å². The summed E-state index contributed by atoms with van der Waals surface area (Å²) in [6.45, 7) is 2.25. The Morgan fingerprint density at radius 3 is 2.61 bits per heavy atom. The first kappa shape index (κ1) is 13.4. The molecule has 2 heteroatoms. The van der Waals surface area contributed by atoms with Gasteiger partial charge in [0.1, 0.15) is 0 Å². The van der Waals surface area contributed by atoms with E-state index < -0.39 is 0 Å². The molecule has 1 amide bonds. The van der Waals surface area contributed by atoms with E-state index in [0.717, 1.165) is 19.3 Å². The van der Waals surface area contributed by atoms with Crippen LogP contribution in [0.15, 0.2) is 48.5 Å². The summed E-state index contributed by atoms with van der Waals surface area (Å²) >= 11 is 0. The second-order valence-electron chi connectivity index (χ2n) is 7.31. The summed E-state index contributed by atoms with van der Waals surface area (Å²) in [5.41, 5.74) is 5.74. The molecule has 0 aromatic heterocycles. The fourth-order valence-corrected chi connectivity index (χ4v) is 5.55. The minimum atomic E-state index is -0.00624. The van der Waals surface area contributed by atoms with Crippen LogP contribution in [0.1, 0.15) is 54.4 Å². The highest BCUT2D eigenvalue weighted by atomic mass is 16.2. The van der Waals surface area contributed by atoms with Crippen molar-refractivity contribution in [2.45, 2.75) is 50.1 Å². The van der Waals surface area contributed by atoms with Crippen LogP contribution in [-0.4, -0.2) is 16.8 Å². The number of hydrogen-bond donors (Lipinski definition) is 0. The molecule has 0 radical (unpaired) electrons. The first-order valence-corrected chi connectivity index (χ1v) is 8.72. The van der Waals surface area contributed by atoms with Crippen molar-refractivity contribution in [3.05, 3.63) is 70.8 Å². The molecule has 0 bridgehead atoms. The molecule has 1 spiro atoms. The molecule has 2 aliphatic heterocycles. The first-order valence-electron chi connectivity index (χ1n) is 8.72. The van der Waals surface area contributed by atoms with Crippen LogP contribution in [-0.2, 0) is 16.8 Å². The van der Waals surface area contributed by atoms with Crippen molar-refractivity contribution >= 4 is 5.91 Å². The lowest BCUT2D eigenvalue weighted by Gasteiger charge is -2.49. The monoisotopic (exact) mass is 303 g/mol. The second-order valence-corrected chi connectivity index (χ2v) is 7.31. The zero-order chi connectivity index (χ0) is 15.6. The Kier molecular flexibility index (Phi) is 2.60. The van der Waals surface area contributed by atoms with Crippen LogP contribution in [0.5, 0.6) is 0 Å². The van der Waals surface area contributed by atoms with E-state index in [1.54, 1.807) is 0 Å². The topological polar surface area (TPSA) is 20.3 Å². The van der Waals surface area contributed by atoms with E-state index in [-0.39, 0.29) is 11.6 Å². The van der Waals surface area contributed by atoms with Crippen molar-refractivity contribution in [1.82, 2.24) is 4.90 Å². The van der Waals surface area contributed by atoms with Gasteiger partial charge in [-0.25, -0.2) is 0 Å². The number of amides is 1. The first-order chi connectivity index (χ1) is 11.2. The Bertz CT molecular complexity index is 797. The van der Waals surface area contributed by atoms with Crippen LogP contribution in [0.4, 0.5) is 0 Å². The van der Waals surface area contributed by atoms with E-state index in [1.165, 1.54) is 22.3 Å². The summed E-state index contributed by atoms with van der Waals surface area (Å²) in [6.07, 6.45) is 3.93. The Labute approximate surface area is 137 Å². The molecule has 0 N–H and O–H groups in total. The molecule has 1 saturated heterocycles. The summed E-state index contributed by atoms with van der Waals surface area (Å²) in [7, 11) is 0. The summed E-state index contributed by atoms with van der Waals surface area (Å²) < 4.78 is 0. The zero-order valence-corrected chi connectivity index (χ0v) is 13.5. The van der Waals surface area contributed by atoms with Gasteiger partial charge in [-0.05, 0) is 48.4 Å². The molecule has 2 aromatic rings. The molecule has 3 aliphatic rings. The molecule has 2 nitrogen and oxygen atoms in total. The molecule has 2 heterocycles. The minimum absolute atomic E-state index is 0.00624. The highest BCUT2D eigenvalue weighted by molar-refractivity contribution is 5.82. The molecule has 1 aliphatic carbocycles. The maximum Gasteiger partial charge on any atom is 0.223 e. The standard InChI is InChI=1S/C21H21NO/c1-14-19(15-6-3-2-4-7-15)17-9-5-8-16-10-12-21(20(16)17)13-11-18(23)22(14)21/h2-9,14,19H,10-13H2,1H3/t14-,19+,21-/m0/s1. The van der Waals surface area contributed by atoms with Crippen LogP contribution in [0.2, 0.25) is 0 Å². The number of carbonyl (C=O) groups is 1. The molecule has 0 saturated carbocycles. The summed E-state index contributed by atoms with van der Waals surface area (Å²) in [5.74, 6) is 0.639. The van der Waals surface area contributed by atoms with Gasteiger partial charge in [-0.1, -0.05) is 48.5 Å². The number of nitrogens with zero attached hydrogens (tertiary/aromatic N) is 1. The van der Waals surface area contributed by atoms with Crippen molar-refractivity contribution in [1.29, 1.82) is 0 Å². The highest BCUT2D eigenvalue weighted by Crippen LogP contribution is 2.57. The van der Waals surface area contributed by atoms with Gasteiger partial charge in [0.05, 0.1) is 5.54 Å². The number of carbonyl (C=O) groups excluding carboxylic acids is 1. The molecule has 116 valence electrons. The van der Waals surface area contributed by atoms with Crippen molar-refractivity contribution < 1.29 is 4.79 Å². The smallest absolute Gasteiger partial charge is 0.223 e. The Balaban J connectivity index is 1.80. The Morgan fingerprint density at radius 2 is 1.78 bits per heavy atom. The van der Waals surface area contributed by atoms with Crippen molar-refractivity contribution in [3.8, 4) is 0 Å². The number of benzene rings is 2. The van der Waals surface area contributed by atoms with E-state index in [1.807, 2.05) is 0 Å². The summed E-state index contributed by atoms with van der Waals surface area (Å²) in [4.78, 5) is 15.0. The minimum Gasteiger partial charge on any atom is -0.329 e. The second kappa shape index (κ2) is 4.47. The molecule has 3 atom stereocenters. The maximum absolute atomic E-state index is 12.7. The third-order valence-electron chi connectivity index (χ3n) is 6.32. The van der Waals surface area contributed by atoms with Crippen molar-refractivity contribution in [3.63, 3.8) is 0 Å². The van der Waals surface area contributed by atoms with Crippen LogP contribution in [0, 0.1) is 0 Å². The van der Waals surface area contributed by atoms with E-state index in [0.29, 0.717) is 18.2 Å². The lowest BCUT2D eigenvalue weighted by atomic mass is 9.72. The van der Waals surface area contributed by atoms with E-state index in [4.69, 9.17) is 0 Å². The number of rotatable bonds is 1. The Morgan fingerprint density at radius 1 is 1.00 bits per heavy atom. The lowest BCUT2D eigenvalue weighted by molar-refractivity contribution is -0.135. The van der Waals surface area contributed by atoms with Crippen molar-refractivity contribution in [2.75, 3.05) is 0 Å². The fraction of sp³-hybridized carbons (Fsp3) is 0.381. The van der Waals surface area contributed by atoms with Gasteiger partial charge in [0.2, 0.25) is 5.91 Å². The van der Waals surface area contributed by atoms with Gasteiger partial charge in [0.15, 0.2) is 0 Å². The number of hydrogen-bond acceptors (Lipinski definition) is 1. The van der Waals surface area contributed by atoms with Crippen LogP contribution >= 0.6 is 0 Å². The van der Waals surface area contributed by atoms with Crippen LogP contribution < -0.4 is 0 Å². The predicted molar refractivity (Wildman–Crippen MR) is 90.3 cm³/mol. The fourth-order valence-electron chi connectivity index (χ4n) is 5.55. The van der Waals surface area contributed by atoms with E-state index in [2.05, 4.69) is 60.4 Å². The SMILES string of the molecule is C[C@H]1[C@H](c2ccccc2)c2cccc3c2[C@@]2(CCC(=O)N12)CC3. The van der Waals surface area contributed by atoms with Gasteiger partial charge in [-0.3, -0.25) is 4.79 Å². The molecule has 1 fully saturated rings. The Hall–Kier alpha value is -2.09. The third-order valence-corrected chi connectivity index (χ3v) is 6.32. The van der Waals surface area contributed by atoms with Gasteiger partial charge in [-0.2, -0.15) is 0 Å². The summed E-state index contributed by atoms with van der Waals surface area (Å²) in [6, 6.07) is 17.7. The molecule has 23 heavy (non-hydrogen) atoms. The lowest BCUT2D eigenvalue weighted by Crippen LogP contribution is -2.53. The quantitative estimate of drug-likeness (QED) is 0.780. The molecule has 2 aromatic carbocycles. The zero-order valence-electron chi connectivity index (χ0n) is 13.5. The normalized spacial score (nSPS) is 31.2. The van der Waals surface area contributed by atoms with Gasteiger partial charge in [0, 0.05) is 18.4 Å². The van der Waals surface area contributed by atoms with Crippen molar-refractivity contribution in [2.24, 2.45) is 0 Å². The average molecular weight is 303 g/mol. The highest BCUT2D eigenvalue weighted by Gasteiger charge is 2.57. The molecular formula is C21H21NO. The largest absolute Gasteiger partial charge is 0.329 e. The van der Waals surface area contributed by atoms with Crippen LogP contribution in [0.3, 0.4) is 0 Å². The van der Waals surface area contributed by atoms with E-state index in [9.17, 15) is 4.79 Å². The molecular weight excluding hydrogens is 282 g/mol. The van der Waals surface area contributed by atoms with Gasteiger partial charge in [0.25, 0.3) is 0 Å². The molecule has 5 rings (SSSR count).